The summed E-state index contributed by atoms with van der Waals surface area (Å²) in [5.74, 6) is 1.46. The first kappa shape index (κ1) is 15.0. The van der Waals surface area contributed by atoms with Gasteiger partial charge in [0, 0.05) is 0 Å². The predicted octanol–water partition coefficient (Wildman–Crippen LogP) is 4.56. The maximum Gasteiger partial charge on any atom is 0.137 e. The summed E-state index contributed by atoms with van der Waals surface area (Å²) >= 11 is 3.22. The van der Waals surface area contributed by atoms with Gasteiger partial charge in [-0.2, -0.15) is 0 Å². The highest BCUT2D eigenvalue weighted by Crippen LogP contribution is 2.36. The van der Waals surface area contributed by atoms with Gasteiger partial charge in [0.1, 0.15) is 5.82 Å². The van der Waals surface area contributed by atoms with Crippen molar-refractivity contribution in [3.63, 3.8) is 0 Å². The smallest absolute Gasteiger partial charge is 0.137 e. The lowest BCUT2D eigenvalue weighted by atomic mass is 9.73. The molecule has 3 heteroatoms. The number of benzene rings is 1. The van der Waals surface area contributed by atoms with Crippen LogP contribution >= 0.6 is 15.9 Å². The summed E-state index contributed by atoms with van der Waals surface area (Å²) in [6, 6.07) is 5.15. The minimum atomic E-state index is -0.229. The van der Waals surface area contributed by atoms with E-state index in [1.165, 1.54) is 6.07 Å². The quantitative estimate of drug-likeness (QED) is 0.862. The van der Waals surface area contributed by atoms with Gasteiger partial charge in [-0.3, -0.25) is 0 Å². The molecule has 0 spiro atoms. The maximum absolute atomic E-state index is 13.2. The summed E-state index contributed by atoms with van der Waals surface area (Å²) in [7, 11) is 0. The highest BCUT2D eigenvalue weighted by atomic mass is 79.9. The summed E-state index contributed by atoms with van der Waals surface area (Å²) < 4.78 is 13.7. The van der Waals surface area contributed by atoms with Gasteiger partial charge in [0.05, 0.1) is 10.6 Å². The third-order valence-corrected chi connectivity index (χ3v) is 5.02. The van der Waals surface area contributed by atoms with Gasteiger partial charge in [-0.05, 0) is 77.1 Å². The molecule has 0 radical (unpaired) electrons. The van der Waals surface area contributed by atoms with Crippen LogP contribution in [0.2, 0.25) is 0 Å². The second-order valence-corrected chi connectivity index (χ2v) is 6.95. The van der Waals surface area contributed by atoms with Gasteiger partial charge >= 0.3 is 0 Å². The van der Waals surface area contributed by atoms with Crippen LogP contribution in [0.5, 0.6) is 0 Å². The lowest BCUT2D eigenvalue weighted by molar-refractivity contribution is 0.0378. The van der Waals surface area contributed by atoms with Crippen molar-refractivity contribution < 1.29 is 9.50 Å². The average molecular weight is 329 g/mol. The fraction of sp³-hybridized carbons (Fsp3) is 0.625. The molecule has 1 aliphatic rings. The first-order valence-electron chi connectivity index (χ1n) is 7.09. The number of hydrogen-bond donors (Lipinski definition) is 1. The Bertz CT molecular complexity index is 433. The molecule has 1 saturated carbocycles. The molecule has 0 aliphatic heterocycles. The molecule has 3 atom stereocenters. The molecule has 2 rings (SSSR count). The predicted molar refractivity (Wildman–Crippen MR) is 79.5 cm³/mol. The van der Waals surface area contributed by atoms with Crippen molar-refractivity contribution in [2.24, 2.45) is 17.8 Å². The van der Waals surface area contributed by atoms with Gasteiger partial charge in [0.2, 0.25) is 0 Å². The molecule has 106 valence electrons. The zero-order valence-electron chi connectivity index (χ0n) is 11.6. The monoisotopic (exact) mass is 328 g/mol. The highest BCUT2D eigenvalue weighted by Gasteiger charge is 2.30. The van der Waals surface area contributed by atoms with E-state index in [1.807, 2.05) is 12.1 Å². The largest absolute Gasteiger partial charge is 0.393 e. The number of halogens is 2. The van der Waals surface area contributed by atoms with Crippen molar-refractivity contribution in [2.45, 2.75) is 45.6 Å². The summed E-state index contributed by atoms with van der Waals surface area (Å²) in [5, 5.41) is 10.2. The van der Waals surface area contributed by atoms with Crippen molar-refractivity contribution in [1.82, 2.24) is 0 Å². The van der Waals surface area contributed by atoms with Crippen LogP contribution in [0.15, 0.2) is 22.7 Å². The van der Waals surface area contributed by atoms with E-state index in [-0.39, 0.29) is 11.9 Å². The minimum absolute atomic E-state index is 0.209. The lowest BCUT2D eigenvalue weighted by Crippen LogP contribution is -2.32. The van der Waals surface area contributed by atoms with E-state index in [4.69, 9.17) is 0 Å². The molecule has 1 aromatic rings. The van der Waals surface area contributed by atoms with Gasteiger partial charge in [0.25, 0.3) is 0 Å². The SMILES string of the molecule is CC(C)C1CCC(O)C(Cc2ccc(F)c(Br)c2)C1. The fourth-order valence-electron chi connectivity index (χ4n) is 3.08. The van der Waals surface area contributed by atoms with Gasteiger partial charge in [-0.25, -0.2) is 4.39 Å². The first-order chi connectivity index (χ1) is 8.97. The van der Waals surface area contributed by atoms with E-state index >= 15 is 0 Å². The zero-order valence-corrected chi connectivity index (χ0v) is 13.2. The van der Waals surface area contributed by atoms with E-state index in [0.29, 0.717) is 22.2 Å². The molecule has 1 aromatic carbocycles. The standard InChI is InChI=1S/C16H22BrFO/c1-10(2)12-4-6-16(19)13(9-12)7-11-3-5-15(18)14(17)8-11/h3,5,8,10,12-13,16,19H,4,6-7,9H2,1-2H3. The van der Waals surface area contributed by atoms with E-state index < -0.39 is 0 Å². The molecule has 0 bridgehead atoms. The van der Waals surface area contributed by atoms with E-state index in [9.17, 15) is 9.50 Å². The van der Waals surface area contributed by atoms with Gasteiger partial charge in [-0.15, -0.1) is 0 Å². The van der Waals surface area contributed by atoms with E-state index in [1.54, 1.807) is 0 Å². The lowest BCUT2D eigenvalue weighted by Gasteiger charge is -2.35. The molecule has 1 fully saturated rings. The summed E-state index contributed by atoms with van der Waals surface area (Å²) in [4.78, 5) is 0. The van der Waals surface area contributed by atoms with Crippen LogP contribution in [0.3, 0.4) is 0 Å². The summed E-state index contributed by atoms with van der Waals surface area (Å²) in [6.45, 7) is 4.52. The third-order valence-electron chi connectivity index (χ3n) is 4.41. The Hall–Kier alpha value is -0.410. The highest BCUT2D eigenvalue weighted by molar-refractivity contribution is 9.10. The Balaban J connectivity index is 2.05. The van der Waals surface area contributed by atoms with Crippen LogP contribution in [-0.4, -0.2) is 11.2 Å². The Kier molecular flexibility index (Phi) is 5.02. The number of hydrogen-bond acceptors (Lipinski definition) is 1. The normalized spacial score (nSPS) is 27.8. The molecule has 19 heavy (non-hydrogen) atoms. The molecular formula is C16H22BrFO. The summed E-state index contributed by atoms with van der Waals surface area (Å²) in [6.07, 6.45) is 3.73. The first-order valence-corrected chi connectivity index (χ1v) is 7.88. The fourth-order valence-corrected chi connectivity index (χ4v) is 3.50. The van der Waals surface area contributed by atoms with E-state index in [0.717, 1.165) is 31.2 Å². The second kappa shape index (κ2) is 6.36. The van der Waals surface area contributed by atoms with Gasteiger partial charge in [0.15, 0.2) is 0 Å². The molecule has 0 aromatic heterocycles. The van der Waals surface area contributed by atoms with Crippen molar-refractivity contribution in [1.29, 1.82) is 0 Å². The third kappa shape index (κ3) is 3.79. The van der Waals surface area contributed by atoms with Crippen LogP contribution in [0, 0.1) is 23.6 Å². The van der Waals surface area contributed by atoms with Crippen LogP contribution in [-0.2, 0) is 6.42 Å². The van der Waals surface area contributed by atoms with Crippen molar-refractivity contribution >= 4 is 15.9 Å². The molecule has 3 unspecified atom stereocenters. The maximum atomic E-state index is 13.2. The van der Waals surface area contributed by atoms with Gasteiger partial charge in [-0.1, -0.05) is 19.9 Å². The average Bonchev–Trinajstić information content (AvgIpc) is 2.36. The minimum Gasteiger partial charge on any atom is -0.393 e. The molecule has 0 saturated heterocycles. The molecule has 1 N–H and O–H groups in total. The zero-order chi connectivity index (χ0) is 14.0. The Morgan fingerprint density at radius 2 is 2.11 bits per heavy atom. The molecular weight excluding hydrogens is 307 g/mol. The Labute approximate surface area is 123 Å². The number of aliphatic hydroxyl groups excluding tert-OH is 1. The van der Waals surface area contributed by atoms with Crippen LogP contribution < -0.4 is 0 Å². The Morgan fingerprint density at radius 1 is 1.37 bits per heavy atom. The second-order valence-electron chi connectivity index (χ2n) is 6.10. The number of rotatable bonds is 3. The number of aliphatic hydroxyl groups is 1. The van der Waals surface area contributed by atoms with Crippen molar-refractivity contribution in [2.75, 3.05) is 0 Å². The van der Waals surface area contributed by atoms with Gasteiger partial charge < -0.3 is 5.11 Å². The van der Waals surface area contributed by atoms with Crippen LogP contribution in [0.1, 0.15) is 38.7 Å². The summed E-state index contributed by atoms with van der Waals surface area (Å²) in [5.41, 5.74) is 1.10. The Morgan fingerprint density at radius 3 is 2.74 bits per heavy atom. The topological polar surface area (TPSA) is 20.2 Å². The molecule has 1 nitrogen and oxygen atoms in total. The van der Waals surface area contributed by atoms with Crippen LogP contribution in [0.25, 0.3) is 0 Å². The van der Waals surface area contributed by atoms with E-state index in [2.05, 4.69) is 29.8 Å². The molecule has 0 amide bonds. The molecule has 1 aliphatic carbocycles. The van der Waals surface area contributed by atoms with Crippen LogP contribution in [0.4, 0.5) is 4.39 Å². The van der Waals surface area contributed by atoms with Crippen molar-refractivity contribution in [3.05, 3.63) is 34.1 Å². The molecule has 0 heterocycles. The van der Waals surface area contributed by atoms with Crippen molar-refractivity contribution in [3.8, 4) is 0 Å².